The van der Waals surface area contributed by atoms with Crippen molar-refractivity contribution in [3.63, 3.8) is 0 Å². The molecule has 0 heterocycles. The summed E-state index contributed by atoms with van der Waals surface area (Å²) in [6, 6.07) is 4.73. The van der Waals surface area contributed by atoms with Crippen LogP contribution in [0.3, 0.4) is 0 Å². The Labute approximate surface area is 138 Å². The van der Waals surface area contributed by atoms with Crippen molar-refractivity contribution in [1.82, 2.24) is 0 Å². The van der Waals surface area contributed by atoms with Gasteiger partial charge < -0.3 is 19.3 Å². The van der Waals surface area contributed by atoms with Gasteiger partial charge in [-0.1, -0.05) is 11.8 Å². The molecule has 1 aromatic rings. The van der Waals surface area contributed by atoms with Gasteiger partial charge in [0.1, 0.15) is 11.5 Å². The molecule has 0 spiro atoms. The molecule has 0 radical (unpaired) electrons. The van der Waals surface area contributed by atoms with Crippen LogP contribution in [0.4, 0.5) is 0 Å². The number of ketones is 1. The number of methoxy groups -OCH3 is 3. The topological polar surface area (TPSA) is 84.9 Å². The molecule has 0 amide bonds. The smallest absolute Gasteiger partial charge is 0.872 e. The average Bonchev–Trinajstić information content (AvgIpc) is 2.44. The van der Waals surface area contributed by atoms with Crippen LogP contribution in [0.5, 0.6) is 11.5 Å². The van der Waals surface area contributed by atoms with Crippen LogP contribution in [0.2, 0.25) is 0 Å². The first-order valence-electron chi connectivity index (χ1n) is 5.27. The van der Waals surface area contributed by atoms with Crippen molar-refractivity contribution in [3.05, 3.63) is 29.8 Å². The zero-order chi connectivity index (χ0) is 14.4. The van der Waals surface area contributed by atoms with E-state index in [2.05, 4.69) is 4.74 Å². The first-order chi connectivity index (χ1) is 9.04. The second kappa shape index (κ2) is 8.63. The summed E-state index contributed by atoms with van der Waals surface area (Å²) in [7, 11) is 3.82. The third-order valence-electron chi connectivity index (χ3n) is 2.32. The van der Waals surface area contributed by atoms with Gasteiger partial charge in [-0.2, -0.15) is 0 Å². The third kappa shape index (κ3) is 4.26. The van der Waals surface area contributed by atoms with E-state index < -0.39 is 17.5 Å². The van der Waals surface area contributed by atoms with Crippen molar-refractivity contribution in [2.75, 3.05) is 21.3 Å². The van der Waals surface area contributed by atoms with E-state index in [1.54, 1.807) is 18.2 Å². The molecule has 1 rings (SSSR count). The number of carbonyl (C=O) groups excluding carboxylic acids is 2. The first-order valence-corrected chi connectivity index (χ1v) is 5.27. The van der Waals surface area contributed by atoms with E-state index >= 15 is 0 Å². The fourth-order valence-corrected chi connectivity index (χ4v) is 1.44. The van der Waals surface area contributed by atoms with Crippen molar-refractivity contribution in [2.45, 2.75) is 0 Å². The van der Waals surface area contributed by atoms with Crippen LogP contribution in [0.15, 0.2) is 24.3 Å². The standard InChI is InChI=1S/C13H14O6.Na/c1-17-10-5-4-6-11(18-2)12(10)8(14)7-9(15)13(16)19-3;/h4-7,14H,1-3H3;/q;+1/p-1/b8-7-;. The van der Waals surface area contributed by atoms with Crippen molar-refractivity contribution < 1.29 is 58.5 Å². The first kappa shape index (κ1) is 18.5. The van der Waals surface area contributed by atoms with Gasteiger partial charge in [0.15, 0.2) is 0 Å². The van der Waals surface area contributed by atoms with E-state index in [9.17, 15) is 14.7 Å². The minimum absolute atomic E-state index is 0. The van der Waals surface area contributed by atoms with E-state index in [4.69, 9.17) is 9.47 Å². The molecule has 0 N–H and O–H groups in total. The van der Waals surface area contributed by atoms with Crippen molar-refractivity contribution >= 4 is 17.5 Å². The Kier molecular flexibility index (Phi) is 7.98. The normalized spacial score (nSPS) is 10.2. The molecule has 0 aromatic heterocycles. The summed E-state index contributed by atoms with van der Waals surface area (Å²) < 4.78 is 14.3. The zero-order valence-electron chi connectivity index (χ0n) is 11.8. The maximum absolute atomic E-state index is 12.0. The number of carbonyl (C=O) groups is 2. The van der Waals surface area contributed by atoms with Crippen LogP contribution in [-0.2, 0) is 14.3 Å². The molecule has 20 heavy (non-hydrogen) atoms. The van der Waals surface area contributed by atoms with E-state index in [0.717, 1.165) is 7.11 Å². The Balaban J connectivity index is 0.00000361. The Bertz CT molecular complexity index is 501. The van der Waals surface area contributed by atoms with Gasteiger partial charge in [-0.15, -0.1) is 0 Å². The van der Waals surface area contributed by atoms with E-state index in [1.165, 1.54) is 14.2 Å². The minimum Gasteiger partial charge on any atom is -0.872 e. The summed E-state index contributed by atoms with van der Waals surface area (Å²) in [5.41, 5.74) is 0.0738. The molecule has 0 saturated carbocycles. The van der Waals surface area contributed by atoms with Gasteiger partial charge >= 0.3 is 35.5 Å². The van der Waals surface area contributed by atoms with Crippen LogP contribution >= 0.6 is 0 Å². The summed E-state index contributed by atoms with van der Waals surface area (Å²) >= 11 is 0. The maximum Gasteiger partial charge on any atom is 1.00 e. The minimum atomic E-state index is -1.11. The van der Waals surface area contributed by atoms with E-state index in [-0.39, 0.29) is 46.6 Å². The summed E-state index contributed by atoms with van der Waals surface area (Å²) in [4.78, 5) is 22.3. The largest absolute Gasteiger partial charge is 1.00 e. The third-order valence-corrected chi connectivity index (χ3v) is 2.32. The molecule has 0 bridgehead atoms. The Morgan fingerprint density at radius 1 is 1.10 bits per heavy atom. The Hall–Kier alpha value is -1.50. The molecule has 0 aliphatic heterocycles. The number of benzene rings is 1. The van der Waals surface area contributed by atoms with Crippen LogP contribution in [0.25, 0.3) is 5.76 Å². The second-order valence-corrected chi connectivity index (χ2v) is 3.40. The van der Waals surface area contributed by atoms with E-state index in [0.29, 0.717) is 6.08 Å². The van der Waals surface area contributed by atoms with Crippen molar-refractivity contribution in [3.8, 4) is 11.5 Å². The predicted molar refractivity (Wildman–Crippen MR) is 64.5 cm³/mol. The molecule has 0 fully saturated rings. The van der Waals surface area contributed by atoms with Gasteiger partial charge in [0.05, 0.1) is 26.9 Å². The number of hydrogen-bond donors (Lipinski definition) is 0. The van der Waals surface area contributed by atoms with Crippen LogP contribution in [0, 0.1) is 0 Å². The number of ether oxygens (including phenoxy) is 3. The van der Waals surface area contributed by atoms with Crippen LogP contribution in [0.1, 0.15) is 5.56 Å². The van der Waals surface area contributed by atoms with E-state index in [1.807, 2.05) is 0 Å². The molecule has 6 nitrogen and oxygen atoms in total. The zero-order valence-corrected chi connectivity index (χ0v) is 13.8. The second-order valence-electron chi connectivity index (χ2n) is 3.40. The molecule has 102 valence electrons. The van der Waals surface area contributed by atoms with Gasteiger partial charge in [-0.05, 0) is 18.2 Å². The predicted octanol–water partition coefficient (Wildman–Crippen LogP) is -2.85. The summed E-state index contributed by atoms with van der Waals surface area (Å²) in [5.74, 6) is -2.34. The maximum atomic E-state index is 12.0. The molecule has 0 saturated heterocycles. The molecule has 0 aliphatic carbocycles. The number of rotatable bonds is 5. The Morgan fingerprint density at radius 2 is 1.60 bits per heavy atom. The van der Waals surface area contributed by atoms with Crippen LogP contribution in [-0.4, -0.2) is 33.1 Å². The number of esters is 1. The van der Waals surface area contributed by atoms with Gasteiger partial charge in [0.2, 0.25) is 0 Å². The molecule has 0 atom stereocenters. The SMILES string of the molecule is COC(=O)C(=O)/C=C(\[O-])c1c(OC)cccc1OC.[Na+]. The molecule has 0 aliphatic rings. The fraction of sp³-hybridized carbons (Fsp3) is 0.231. The molecular weight excluding hydrogens is 275 g/mol. The van der Waals surface area contributed by atoms with Crippen molar-refractivity contribution in [2.24, 2.45) is 0 Å². The van der Waals surface area contributed by atoms with Gasteiger partial charge in [0, 0.05) is 0 Å². The van der Waals surface area contributed by atoms with Gasteiger partial charge in [0.25, 0.3) is 5.78 Å². The fourth-order valence-electron chi connectivity index (χ4n) is 1.44. The summed E-state index contributed by atoms with van der Waals surface area (Å²) in [6.45, 7) is 0. The van der Waals surface area contributed by atoms with Crippen LogP contribution < -0.4 is 44.1 Å². The summed E-state index contributed by atoms with van der Waals surface area (Å²) in [6.07, 6.45) is 0.645. The molecular formula is C13H13NaO6. The van der Waals surface area contributed by atoms with Gasteiger partial charge in [-0.25, -0.2) is 4.79 Å². The molecule has 0 unspecified atom stereocenters. The average molecular weight is 288 g/mol. The monoisotopic (exact) mass is 288 g/mol. The number of hydrogen-bond acceptors (Lipinski definition) is 6. The summed E-state index contributed by atoms with van der Waals surface area (Å²) in [5, 5.41) is 12.0. The molecule has 7 heteroatoms. The van der Waals surface area contributed by atoms with Gasteiger partial charge in [-0.3, -0.25) is 4.79 Å². The quantitative estimate of drug-likeness (QED) is 0.191. The van der Waals surface area contributed by atoms with Crippen molar-refractivity contribution in [1.29, 1.82) is 0 Å². The Morgan fingerprint density at radius 3 is 2.00 bits per heavy atom. The molecule has 1 aromatic carbocycles.